The fraction of sp³-hybridized carbons (Fsp3) is 0.125. The molecule has 0 aromatic heterocycles. The van der Waals surface area contributed by atoms with Crippen molar-refractivity contribution in [2.45, 2.75) is 0 Å². The van der Waals surface area contributed by atoms with Crippen LogP contribution in [0, 0.1) is 0 Å². The van der Waals surface area contributed by atoms with Crippen LogP contribution in [0.2, 0.25) is 0 Å². The summed E-state index contributed by atoms with van der Waals surface area (Å²) in [6.07, 6.45) is 0. The first-order valence-electron chi connectivity index (χ1n) is 3.30. The maximum atomic E-state index is 9.95. The van der Waals surface area contributed by atoms with Gasteiger partial charge in [-0.3, -0.25) is 0 Å². The van der Waals surface area contributed by atoms with Crippen molar-refractivity contribution in [2.75, 3.05) is 6.61 Å². The fourth-order valence-corrected chi connectivity index (χ4v) is 0.685. The van der Waals surface area contributed by atoms with Gasteiger partial charge in [0.05, 0.1) is 5.97 Å². The Morgan fingerprint density at radius 3 is 2.38 bits per heavy atom. The Morgan fingerprint density at radius 2 is 1.92 bits per heavy atom. The number of hydrogen-bond donors (Lipinski definition) is 1. The van der Waals surface area contributed by atoms with Gasteiger partial charge in [0.1, 0.15) is 18.1 Å². The van der Waals surface area contributed by atoms with Crippen LogP contribution in [0.5, 0.6) is 11.5 Å². The van der Waals surface area contributed by atoms with Gasteiger partial charge in [0, 0.05) is 0 Å². The summed E-state index contributed by atoms with van der Waals surface area (Å²) in [4.78, 5) is 9.95. The van der Waals surface area contributed by atoms with Crippen LogP contribution in [0.25, 0.3) is 0 Å². The molecule has 5 heteroatoms. The van der Waals surface area contributed by atoms with Gasteiger partial charge in [0.15, 0.2) is 0 Å². The SMILES string of the molecule is O=C([O-])COc1ccc(O)cc1.[Na+]. The average Bonchev–Trinajstić information content (AvgIpc) is 2.03. The first kappa shape index (κ1) is 12.3. The smallest absolute Gasteiger partial charge is 0.546 e. The second-order valence-corrected chi connectivity index (χ2v) is 2.15. The molecule has 0 unspecified atom stereocenters. The minimum Gasteiger partial charge on any atom is -0.546 e. The molecule has 1 N–H and O–H groups in total. The van der Waals surface area contributed by atoms with Gasteiger partial charge in [-0.1, -0.05) is 0 Å². The zero-order chi connectivity index (χ0) is 8.97. The minimum absolute atomic E-state index is 0. The van der Waals surface area contributed by atoms with Crippen LogP contribution >= 0.6 is 0 Å². The number of aromatic hydroxyl groups is 1. The van der Waals surface area contributed by atoms with Crippen LogP contribution in [0.3, 0.4) is 0 Å². The Morgan fingerprint density at radius 1 is 1.38 bits per heavy atom. The van der Waals surface area contributed by atoms with Gasteiger partial charge in [0.25, 0.3) is 0 Å². The summed E-state index contributed by atoms with van der Waals surface area (Å²) in [6, 6.07) is 5.76. The zero-order valence-corrected chi connectivity index (χ0v) is 9.19. The number of carboxylic acid groups (broad SMARTS) is 1. The molecule has 0 atom stereocenters. The Bertz CT molecular complexity index is 270. The first-order valence-corrected chi connectivity index (χ1v) is 3.30. The topological polar surface area (TPSA) is 69.6 Å². The summed E-state index contributed by atoms with van der Waals surface area (Å²) >= 11 is 0. The third-order valence-corrected chi connectivity index (χ3v) is 1.19. The van der Waals surface area contributed by atoms with E-state index in [2.05, 4.69) is 0 Å². The molecule has 0 heterocycles. The van der Waals surface area contributed by atoms with E-state index in [-0.39, 0.29) is 35.3 Å². The van der Waals surface area contributed by atoms with Gasteiger partial charge in [-0.05, 0) is 24.3 Å². The summed E-state index contributed by atoms with van der Waals surface area (Å²) in [5.74, 6) is -0.782. The van der Waals surface area contributed by atoms with Gasteiger partial charge < -0.3 is 19.7 Å². The number of phenolic OH excluding ortho intramolecular Hbond substituents is 1. The predicted octanol–water partition coefficient (Wildman–Crippen LogP) is -3.48. The Balaban J connectivity index is 0.00000144. The number of hydrogen-bond acceptors (Lipinski definition) is 4. The standard InChI is InChI=1S/C8H8O4.Na/c9-6-1-3-7(4-2-6)12-5-8(10)11;/h1-4,9H,5H2,(H,10,11);/q;+1/p-1. The van der Waals surface area contributed by atoms with Crippen LogP contribution in [0.1, 0.15) is 0 Å². The van der Waals surface area contributed by atoms with Gasteiger partial charge in [0.2, 0.25) is 0 Å². The molecular weight excluding hydrogens is 183 g/mol. The van der Waals surface area contributed by atoms with E-state index in [9.17, 15) is 9.90 Å². The van der Waals surface area contributed by atoms with Gasteiger partial charge in [-0.15, -0.1) is 0 Å². The monoisotopic (exact) mass is 190 g/mol. The molecule has 0 saturated carbocycles. The number of benzene rings is 1. The van der Waals surface area contributed by atoms with Crippen molar-refractivity contribution in [3.05, 3.63) is 24.3 Å². The third kappa shape index (κ3) is 4.77. The molecule has 0 bridgehead atoms. The van der Waals surface area contributed by atoms with Crippen molar-refractivity contribution in [3.63, 3.8) is 0 Å². The van der Waals surface area contributed by atoms with Crippen molar-refractivity contribution in [1.29, 1.82) is 0 Å². The Kier molecular flexibility index (Phi) is 5.53. The van der Waals surface area contributed by atoms with E-state index in [4.69, 9.17) is 9.84 Å². The van der Waals surface area contributed by atoms with Crippen LogP contribution < -0.4 is 39.4 Å². The molecule has 0 fully saturated rings. The molecule has 0 aliphatic rings. The number of phenols is 1. The largest absolute Gasteiger partial charge is 1.00 e. The molecule has 64 valence electrons. The van der Waals surface area contributed by atoms with Crippen molar-refractivity contribution in [1.82, 2.24) is 0 Å². The van der Waals surface area contributed by atoms with E-state index in [1.165, 1.54) is 24.3 Å². The van der Waals surface area contributed by atoms with Crippen molar-refractivity contribution < 1.29 is 49.3 Å². The second-order valence-electron chi connectivity index (χ2n) is 2.15. The quantitative estimate of drug-likeness (QED) is 0.503. The molecule has 1 rings (SSSR count). The van der Waals surface area contributed by atoms with E-state index >= 15 is 0 Å². The summed E-state index contributed by atoms with van der Waals surface area (Å²) < 4.78 is 4.75. The van der Waals surface area contributed by atoms with E-state index in [1.54, 1.807) is 0 Å². The van der Waals surface area contributed by atoms with E-state index in [0.717, 1.165) is 0 Å². The molecule has 0 aliphatic carbocycles. The predicted molar refractivity (Wildman–Crippen MR) is 38.6 cm³/mol. The number of carboxylic acids is 1. The van der Waals surface area contributed by atoms with Gasteiger partial charge >= 0.3 is 29.6 Å². The van der Waals surface area contributed by atoms with E-state index in [0.29, 0.717) is 5.75 Å². The molecule has 13 heavy (non-hydrogen) atoms. The number of carbonyl (C=O) groups is 1. The Hall–Kier alpha value is -0.710. The molecular formula is C8H7NaO4. The summed E-state index contributed by atoms with van der Waals surface area (Å²) in [7, 11) is 0. The van der Waals surface area contributed by atoms with Gasteiger partial charge in [-0.2, -0.15) is 0 Å². The summed E-state index contributed by atoms with van der Waals surface area (Å²) in [5.41, 5.74) is 0. The number of aliphatic carboxylic acids is 1. The molecule has 0 radical (unpaired) electrons. The molecule has 0 saturated heterocycles. The number of carbonyl (C=O) groups excluding carboxylic acids is 1. The molecule has 0 aliphatic heterocycles. The minimum atomic E-state index is -1.27. The van der Waals surface area contributed by atoms with E-state index in [1.807, 2.05) is 0 Å². The summed E-state index contributed by atoms with van der Waals surface area (Å²) in [6.45, 7) is -0.481. The maximum absolute atomic E-state index is 9.95. The fourth-order valence-electron chi connectivity index (χ4n) is 0.685. The number of rotatable bonds is 3. The summed E-state index contributed by atoms with van der Waals surface area (Å²) in [5, 5.41) is 18.8. The van der Waals surface area contributed by atoms with Crippen LogP contribution in [0.4, 0.5) is 0 Å². The van der Waals surface area contributed by atoms with Crippen molar-refractivity contribution >= 4 is 5.97 Å². The second kappa shape index (κ2) is 5.85. The Labute approximate surface area is 97.4 Å². The molecule has 0 spiro atoms. The third-order valence-electron chi connectivity index (χ3n) is 1.19. The first-order chi connectivity index (χ1) is 5.68. The van der Waals surface area contributed by atoms with Crippen molar-refractivity contribution in [3.8, 4) is 11.5 Å². The maximum Gasteiger partial charge on any atom is 1.00 e. The van der Waals surface area contributed by atoms with Crippen LogP contribution in [-0.2, 0) is 4.79 Å². The van der Waals surface area contributed by atoms with E-state index < -0.39 is 12.6 Å². The normalized spacial score (nSPS) is 8.62. The molecule has 1 aromatic rings. The number of ether oxygens (including phenoxy) is 1. The van der Waals surface area contributed by atoms with Gasteiger partial charge in [-0.25, -0.2) is 0 Å². The average molecular weight is 190 g/mol. The van der Waals surface area contributed by atoms with Crippen molar-refractivity contribution in [2.24, 2.45) is 0 Å². The molecule has 4 nitrogen and oxygen atoms in total. The van der Waals surface area contributed by atoms with Crippen LogP contribution in [-0.4, -0.2) is 17.7 Å². The zero-order valence-electron chi connectivity index (χ0n) is 7.19. The molecule has 1 aromatic carbocycles. The van der Waals surface area contributed by atoms with Crippen LogP contribution in [0.15, 0.2) is 24.3 Å². The molecule has 0 amide bonds.